The van der Waals surface area contributed by atoms with Crippen molar-refractivity contribution in [1.29, 1.82) is 0 Å². The highest BCUT2D eigenvalue weighted by Gasteiger charge is 2.16. The summed E-state index contributed by atoms with van der Waals surface area (Å²) in [5, 5.41) is 14.2. The molecule has 1 aliphatic carbocycles. The van der Waals surface area contributed by atoms with Crippen molar-refractivity contribution in [3.8, 4) is 0 Å². The fraction of sp³-hybridized carbons (Fsp3) is 0.625. The van der Waals surface area contributed by atoms with E-state index in [1.54, 1.807) is 6.07 Å². The van der Waals surface area contributed by atoms with Crippen LogP contribution in [0.2, 0.25) is 0 Å². The first kappa shape index (κ1) is 16.1. The molecule has 5 heteroatoms. The molecule has 116 valence electrons. The zero-order chi connectivity index (χ0) is 15.1. The van der Waals surface area contributed by atoms with Gasteiger partial charge < -0.3 is 5.32 Å². The lowest BCUT2D eigenvalue weighted by Gasteiger charge is -2.10. The average Bonchev–Trinajstić information content (AvgIpc) is 2.98. The van der Waals surface area contributed by atoms with E-state index in [0.717, 1.165) is 24.6 Å². The second-order valence-electron chi connectivity index (χ2n) is 5.70. The number of benzene rings is 1. The van der Waals surface area contributed by atoms with Gasteiger partial charge in [-0.1, -0.05) is 25.8 Å². The van der Waals surface area contributed by atoms with E-state index in [1.165, 1.54) is 37.0 Å². The van der Waals surface area contributed by atoms with Crippen LogP contribution in [0.4, 0.5) is 11.4 Å². The minimum Gasteiger partial charge on any atom is -0.379 e. The van der Waals surface area contributed by atoms with E-state index in [2.05, 4.69) is 12.2 Å². The van der Waals surface area contributed by atoms with E-state index in [-0.39, 0.29) is 10.6 Å². The normalized spacial score (nSPS) is 15.3. The lowest BCUT2D eigenvalue weighted by Crippen LogP contribution is -2.04. The Hall–Kier alpha value is -1.23. The third kappa shape index (κ3) is 4.92. The molecular formula is C16H24N2O2S. The fourth-order valence-electron chi connectivity index (χ4n) is 2.75. The minimum absolute atomic E-state index is 0.174. The monoisotopic (exact) mass is 308 g/mol. The van der Waals surface area contributed by atoms with E-state index in [0.29, 0.717) is 5.69 Å². The van der Waals surface area contributed by atoms with Crippen molar-refractivity contribution in [2.45, 2.75) is 44.8 Å². The van der Waals surface area contributed by atoms with Gasteiger partial charge in [0.1, 0.15) is 5.69 Å². The second-order valence-corrected chi connectivity index (χ2v) is 6.73. The molecule has 1 aromatic rings. The molecule has 0 bridgehead atoms. The van der Waals surface area contributed by atoms with Gasteiger partial charge in [0.25, 0.3) is 5.69 Å². The maximum Gasteiger partial charge on any atom is 0.292 e. The van der Waals surface area contributed by atoms with Crippen molar-refractivity contribution in [3.63, 3.8) is 0 Å². The maximum atomic E-state index is 11.0. The summed E-state index contributed by atoms with van der Waals surface area (Å²) in [5.74, 6) is 3.04. The Kier molecular flexibility index (Phi) is 6.36. The molecule has 1 fully saturated rings. The molecular weight excluding hydrogens is 284 g/mol. The Balaban J connectivity index is 1.93. The number of nitrogens with one attached hydrogen (secondary N) is 1. The van der Waals surface area contributed by atoms with Crippen LogP contribution in [0.25, 0.3) is 0 Å². The van der Waals surface area contributed by atoms with E-state index < -0.39 is 0 Å². The smallest absolute Gasteiger partial charge is 0.292 e. The van der Waals surface area contributed by atoms with Crippen LogP contribution in [0.3, 0.4) is 0 Å². The average molecular weight is 308 g/mol. The zero-order valence-electron chi connectivity index (χ0n) is 12.6. The Morgan fingerprint density at radius 3 is 2.81 bits per heavy atom. The molecule has 21 heavy (non-hydrogen) atoms. The third-order valence-corrected chi connectivity index (χ3v) is 5.16. The van der Waals surface area contributed by atoms with Gasteiger partial charge in [0, 0.05) is 18.4 Å². The summed E-state index contributed by atoms with van der Waals surface area (Å²) in [6.45, 7) is 2.82. The van der Waals surface area contributed by atoms with Crippen LogP contribution in [0.5, 0.6) is 0 Å². The summed E-state index contributed by atoms with van der Waals surface area (Å²) in [5.41, 5.74) is 2.00. The molecule has 0 saturated heterocycles. The molecule has 0 aromatic heterocycles. The molecule has 1 N–H and O–H groups in total. The Morgan fingerprint density at radius 1 is 1.38 bits per heavy atom. The second kappa shape index (κ2) is 8.27. The van der Waals surface area contributed by atoms with Gasteiger partial charge >= 0.3 is 0 Å². The molecule has 2 rings (SSSR count). The van der Waals surface area contributed by atoms with Crippen LogP contribution >= 0.6 is 11.8 Å². The number of nitro groups is 1. The van der Waals surface area contributed by atoms with Crippen molar-refractivity contribution in [2.75, 3.05) is 17.6 Å². The van der Waals surface area contributed by atoms with E-state index in [9.17, 15) is 10.1 Å². The van der Waals surface area contributed by atoms with Crippen molar-refractivity contribution >= 4 is 23.1 Å². The number of thioether (sulfide) groups is 1. The predicted molar refractivity (Wildman–Crippen MR) is 90.0 cm³/mol. The lowest BCUT2D eigenvalue weighted by atomic mass is 10.1. The zero-order valence-corrected chi connectivity index (χ0v) is 13.5. The van der Waals surface area contributed by atoms with Crippen LogP contribution < -0.4 is 5.32 Å². The van der Waals surface area contributed by atoms with Gasteiger partial charge in [-0.25, -0.2) is 0 Å². The highest BCUT2D eigenvalue weighted by molar-refractivity contribution is 7.98. The van der Waals surface area contributed by atoms with Gasteiger partial charge in [-0.2, -0.15) is 11.8 Å². The molecule has 0 radical (unpaired) electrons. The number of nitrogens with zero attached hydrogens (tertiary/aromatic N) is 1. The quantitative estimate of drug-likeness (QED) is 0.551. The number of anilines is 1. The Bertz CT molecular complexity index is 473. The standard InChI is InChI=1S/C16H24N2O2S/c1-2-9-17-15-10-14(7-8-16(15)18(19)20)12-21-11-13-5-3-4-6-13/h7-8,10,13,17H,2-6,9,11-12H2,1H3. The maximum absolute atomic E-state index is 11.0. The van der Waals surface area contributed by atoms with Gasteiger partial charge in [0.15, 0.2) is 0 Å². The van der Waals surface area contributed by atoms with Crippen molar-refractivity contribution in [1.82, 2.24) is 0 Å². The number of hydrogen-bond acceptors (Lipinski definition) is 4. The molecule has 0 unspecified atom stereocenters. The van der Waals surface area contributed by atoms with Crippen molar-refractivity contribution < 1.29 is 4.92 Å². The molecule has 0 aliphatic heterocycles. The fourth-order valence-corrected chi connectivity index (χ4v) is 3.95. The predicted octanol–water partition coefficient (Wildman–Crippen LogP) is 4.84. The van der Waals surface area contributed by atoms with Gasteiger partial charge in [0.2, 0.25) is 0 Å². The summed E-state index contributed by atoms with van der Waals surface area (Å²) >= 11 is 1.95. The van der Waals surface area contributed by atoms with Crippen LogP contribution in [0.15, 0.2) is 18.2 Å². The van der Waals surface area contributed by atoms with Crippen molar-refractivity contribution in [3.05, 3.63) is 33.9 Å². The molecule has 0 atom stereocenters. The summed E-state index contributed by atoms with van der Waals surface area (Å²) in [6.07, 6.45) is 6.46. The summed E-state index contributed by atoms with van der Waals surface area (Å²) < 4.78 is 0. The SMILES string of the molecule is CCCNc1cc(CSCC2CCCC2)ccc1[N+](=O)[O-]. The molecule has 0 spiro atoms. The first-order valence-corrected chi connectivity index (χ1v) is 8.95. The van der Waals surface area contributed by atoms with Crippen molar-refractivity contribution in [2.24, 2.45) is 5.92 Å². The number of hydrogen-bond donors (Lipinski definition) is 1. The van der Waals surface area contributed by atoms with Crippen LogP contribution in [-0.2, 0) is 5.75 Å². The first-order valence-electron chi connectivity index (χ1n) is 7.79. The summed E-state index contributed by atoms with van der Waals surface area (Å²) in [6, 6.07) is 5.45. The van der Waals surface area contributed by atoms with Gasteiger partial charge in [-0.05, 0) is 42.6 Å². The summed E-state index contributed by atoms with van der Waals surface area (Å²) in [4.78, 5) is 10.7. The summed E-state index contributed by atoms with van der Waals surface area (Å²) in [7, 11) is 0. The van der Waals surface area contributed by atoms with Gasteiger partial charge in [-0.3, -0.25) is 10.1 Å². The van der Waals surface area contributed by atoms with E-state index in [1.807, 2.05) is 23.9 Å². The number of nitro benzene ring substituents is 1. The minimum atomic E-state index is -0.312. The molecule has 0 amide bonds. The molecule has 4 nitrogen and oxygen atoms in total. The topological polar surface area (TPSA) is 55.2 Å². The van der Waals surface area contributed by atoms with Crippen LogP contribution in [-0.4, -0.2) is 17.2 Å². The molecule has 1 aliphatic rings. The number of rotatable bonds is 8. The van der Waals surface area contributed by atoms with E-state index in [4.69, 9.17) is 0 Å². The highest BCUT2D eigenvalue weighted by Crippen LogP contribution is 2.31. The molecule has 1 saturated carbocycles. The molecule has 0 heterocycles. The van der Waals surface area contributed by atoms with Crippen LogP contribution in [0, 0.1) is 16.0 Å². The van der Waals surface area contributed by atoms with Crippen LogP contribution in [0.1, 0.15) is 44.6 Å². The Morgan fingerprint density at radius 2 is 2.14 bits per heavy atom. The largest absolute Gasteiger partial charge is 0.379 e. The highest BCUT2D eigenvalue weighted by atomic mass is 32.2. The third-order valence-electron chi connectivity index (χ3n) is 3.92. The van der Waals surface area contributed by atoms with Gasteiger partial charge in [0.05, 0.1) is 4.92 Å². The Labute approximate surface area is 130 Å². The van der Waals surface area contributed by atoms with Gasteiger partial charge in [-0.15, -0.1) is 0 Å². The first-order chi connectivity index (χ1) is 10.2. The van der Waals surface area contributed by atoms with E-state index >= 15 is 0 Å². The molecule has 1 aromatic carbocycles. The lowest BCUT2D eigenvalue weighted by molar-refractivity contribution is -0.384.